The lowest BCUT2D eigenvalue weighted by molar-refractivity contribution is 0.0273. The van der Waals surface area contributed by atoms with Crippen molar-refractivity contribution in [3.63, 3.8) is 0 Å². The van der Waals surface area contributed by atoms with Gasteiger partial charge < -0.3 is 24.3 Å². The number of imidazole rings is 1. The Balaban J connectivity index is 1.42. The average molecular weight is 416 g/mol. The zero-order valence-corrected chi connectivity index (χ0v) is 16.9. The first-order valence-electron chi connectivity index (χ1n) is 9.68. The first kappa shape index (κ1) is 18.8. The highest BCUT2D eigenvalue weighted by Gasteiger charge is 2.43. The van der Waals surface area contributed by atoms with E-state index < -0.39 is 5.60 Å². The summed E-state index contributed by atoms with van der Waals surface area (Å²) in [4.78, 5) is 12.2. The van der Waals surface area contributed by atoms with E-state index in [4.69, 9.17) is 25.8 Å². The lowest BCUT2D eigenvalue weighted by Crippen LogP contribution is -2.32. The number of ether oxygens (including phenoxy) is 3. The molecule has 0 saturated carbocycles. The summed E-state index contributed by atoms with van der Waals surface area (Å²) in [6, 6.07) is 9.70. The van der Waals surface area contributed by atoms with Gasteiger partial charge in [0.05, 0.1) is 34.5 Å². The quantitative estimate of drug-likeness (QED) is 0.678. The molecule has 8 heteroatoms. The molecule has 2 N–H and O–H groups in total. The Hall–Kier alpha value is -2.19. The normalized spacial score (nSPS) is 24.2. The summed E-state index contributed by atoms with van der Waals surface area (Å²) in [5.74, 6) is 0. The third kappa shape index (κ3) is 3.48. The molecule has 0 bridgehead atoms. The van der Waals surface area contributed by atoms with Crippen LogP contribution in [-0.4, -0.2) is 51.6 Å². The third-order valence-electron chi connectivity index (χ3n) is 5.45. The van der Waals surface area contributed by atoms with E-state index in [0.717, 1.165) is 17.5 Å². The molecule has 2 aromatic heterocycles. The summed E-state index contributed by atoms with van der Waals surface area (Å²) < 4.78 is 17.4. The zero-order chi connectivity index (χ0) is 20.2. The van der Waals surface area contributed by atoms with E-state index in [1.165, 1.54) is 0 Å². The fraction of sp³-hybridized carbons (Fsp3) is 0.429. The number of nitrogens with zero attached hydrogens (tertiary/aromatic N) is 2. The van der Waals surface area contributed by atoms with Crippen LogP contribution >= 0.6 is 11.6 Å². The predicted molar refractivity (Wildman–Crippen MR) is 108 cm³/mol. The van der Waals surface area contributed by atoms with Crippen LogP contribution < -0.4 is 4.74 Å². The van der Waals surface area contributed by atoms with Gasteiger partial charge in [0.25, 0.3) is 6.01 Å². The van der Waals surface area contributed by atoms with Crippen LogP contribution in [0.25, 0.3) is 22.4 Å². The minimum atomic E-state index is -0.903. The van der Waals surface area contributed by atoms with Gasteiger partial charge in [-0.15, -0.1) is 0 Å². The maximum atomic E-state index is 10.1. The summed E-state index contributed by atoms with van der Waals surface area (Å²) in [5.41, 5.74) is 2.61. The van der Waals surface area contributed by atoms with E-state index in [1.807, 2.05) is 24.3 Å². The number of pyridine rings is 1. The maximum absolute atomic E-state index is 10.1. The van der Waals surface area contributed by atoms with Crippen LogP contribution in [0, 0.1) is 0 Å². The molecule has 0 spiro atoms. The second-order valence-electron chi connectivity index (χ2n) is 8.02. The van der Waals surface area contributed by atoms with Gasteiger partial charge in [0, 0.05) is 12.2 Å². The molecule has 1 aromatic carbocycles. The molecule has 1 unspecified atom stereocenters. The lowest BCUT2D eigenvalue weighted by Gasteiger charge is -2.17. The van der Waals surface area contributed by atoms with Crippen molar-refractivity contribution < 1.29 is 19.3 Å². The Kier molecular flexibility index (Phi) is 4.51. The fourth-order valence-electron chi connectivity index (χ4n) is 3.86. The van der Waals surface area contributed by atoms with Crippen LogP contribution in [0.3, 0.4) is 0 Å². The van der Waals surface area contributed by atoms with Gasteiger partial charge in [-0.05, 0) is 31.9 Å². The number of nitrogens with one attached hydrogen (secondary N) is 1. The number of fused-ring (bicyclic) bond motifs is 2. The van der Waals surface area contributed by atoms with E-state index in [1.54, 1.807) is 19.9 Å². The molecule has 2 fully saturated rings. The van der Waals surface area contributed by atoms with E-state index in [9.17, 15) is 5.11 Å². The minimum Gasteiger partial charge on any atom is -0.456 e. The molecule has 5 rings (SSSR count). The van der Waals surface area contributed by atoms with E-state index in [2.05, 4.69) is 15.0 Å². The molecule has 152 valence electrons. The van der Waals surface area contributed by atoms with E-state index in [-0.39, 0.29) is 18.3 Å². The SMILES string of the molecule is CC(C)(O)c1ccc(-c2nc3nc(OC4CO[C@@H]5CCO[C@H]45)[nH]c3cc2Cl)cc1. The Morgan fingerprint density at radius 2 is 2.00 bits per heavy atom. The number of aliphatic hydroxyl groups is 1. The molecule has 2 saturated heterocycles. The number of hydrogen-bond acceptors (Lipinski definition) is 6. The third-order valence-corrected chi connectivity index (χ3v) is 5.74. The molecule has 29 heavy (non-hydrogen) atoms. The standard InChI is InChI=1S/C21H22ClN3O4/c1-21(2,26)12-5-3-11(4-6-12)17-13(22)9-14-19(24-17)25-20(23-14)29-16-10-28-15-7-8-27-18(15)16/h3-6,9,15-16,18,26H,7-8,10H2,1-2H3,(H,23,24,25)/t15-,16?,18+/m1/s1. The monoisotopic (exact) mass is 415 g/mol. The van der Waals surface area contributed by atoms with Gasteiger partial charge >= 0.3 is 0 Å². The highest BCUT2D eigenvalue weighted by molar-refractivity contribution is 6.33. The molecular formula is C21H22ClN3O4. The number of halogens is 1. The van der Waals surface area contributed by atoms with Crippen molar-refractivity contribution in [3.05, 3.63) is 40.9 Å². The first-order valence-corrected chi connectivity index (χ1v) is 10.1. The van der Waals surface area contributed by atoms with Crippen molar-refractivity contribution in [2.24, 2.45) is 0 Å². The summed E-state index contributed by atoms with van der Waals surface area (Å²) in [7, 11) is 0. The molecule has 2 aliphatic heterocycles. The Morgan fingerprint density at radius 3 is 2.76 bits per heavy atom. The van der Waals surface area contributed by atoms with Crippen molar-refractivity contribution in [1.29, 1.82) is 0 Å². The average Bonchev–Trinajstić information content (AvgIpc) is 3.37. The second kappa shape index (κ2) is 6.95. The molecule has 4 heterocycles. The molecule has 3 atom stereocenters. The van der Waals surface area contributed by atoms with Crippen molar-refractivity contribution in [2.75, 3.05) is 13.2 Å². The highest BCUT2D eigenvalue weighted by Crippen LogP contribution is 2.32. The molecule has 0 radical (unpaired) electrons. The number of aromatic nitrogens is 3. The summed E-state index contributed by atoms with van der Waals surface area (Å²) in [6.07, 6.45) is 0.768. The fourth-order valence-corrected chi connectivity index (χ4v) is 4.12. The number of aromatic amines is 1. The van der Waals surface area contributed by atoms with Crippen molar-refractivity contribution in [1.82, 2.24) is 15.0 Å². The van der Waals surface area contributed by atoms with Crippen LogP contribution in [0.2, 0.25) is 5.02 Å². The first-order chi connectivity index (χ1) is 13.9. The van der Waals surface area contributed by atoms with Crippen LogP contribution in [0.5, 0.6) is 6.01 Å². The van der Waals surface area contributed by atoms with E-state index in [0.29, 0.717) is 41.1 Å². The van der Waals surface area contributed by atoms with Gasteiger partial charge in [0.2, 0.25) is 0 Å². The molecular weight excluding hydrogens is 394 g/mol. The Morgan fingerprint density at radius 1 is 1.21 bits per heavy atom. The lowest BCUT2D eigenvalue weighted by atomic mass is 9.96. The molecule has 2 aliphatic rings. The molecule has 0 aliphatic carbocycles. The topological polar surface area (TPSA) is 89.5 Å². The predicted octanol–water partition coefficient (Wildman–Crippen LogP) is 3.44. The maximum Gasteiger partial charge on any atom is 0.296 e. The van der Waals surface area contributed by atoms with Gasteiger partial charge in [-0.25, -0.2) is 4.98 Å². The van der Waals surface area contributed by atoms with Gasteiger partial charge in [0.15, 0.2) is 11.8 Å². The van der Waals surface area contributed by atoms with Crippen LogP contribution in [0.1, 0.15) is 25.8 Å². The van der Waals surface area contributed by atoms with Crippen LogP contribution in [0.4, 0.5) is 0 Å². The summed E-state index contributed by atoms with van der Waals surface area (Å²) >= 11 is 6.48. The Labute approximate surface area is 173 Å². The van der Waals surface area contributed by atoms with Crippen LogP contribution in [0.15, 0.2) is 30.3 Å². The summed E-state index contributed by atoms with van der Waals surface area (Å²) in [6.45, 7) is 4.68. The molecule has 7 nitrogen and oxygen atoms in total. The van der Waals surface area contributed by atoms with Crippen molar-refractivity contribution in [3.8, 4) is 17.3 Å². The van der Waals surface area contributed by atoms with Crippen molar-refractivity contribution >= 4 is 22.8 Å². The van der Waals surface area contributed by atoms with Crippen molar-refractivity contribution in [2.45, 2.75) is 44.2 Å². The Bertz CT molecular complexity index is 1040. The number of hydrogen-bond donors (Lipinski definition) is 2. The second-order valence-corrected chi connectivity index (χ2v) is 8.43. The van der Waals surface area contributed by atoms with Gasteiger partial charge in [-0.1, -0.05) is 35.9 Å². The highest BCUT2D eigenvalue weighted by atomic mass is 35.5. The number of H-pyrrole nitrogens is 1. The number of rotatable bonds is 4. The minimum absolute atomic E-state index is 0.0513. The van der Waals surface area contributed by atoms with Gasteiger partial charge in [-0.2, -0.15) is 4.98 Å². The van der Waals surface area contributed by atoms with Crippen LogP contribution in [-0.2, 0) is 15.1 Å². The molecule has 3 aromatic rings. The smallest absolute Gasteiger partial charge is 0.296 e. The number of benzene rings is 1. The zero-order valence-electron chi connectivity index (χ0n) is 16.2. The van der Waals surface area contributed by atoms with Gasteiger partial charge in [0.1, 0.15) is 6.10 Å². The summed E-state index contributed by atoms with van der Waals surface area (Å²) in [5, 5.41) is 10.6. The molecule has 0 amide bonds. The van der Waals surface area contributed by atoms with E-state index >= 15 is 0 Å². The van der Waals surface area contributed by atoms with Gasteiger partial charge in [-0.3, -0.25) is 0 Å². The largest absolute Gasteiger partial charge is 0.456 e.